The average molecular weight is 314 g/mol. The number of halogens is 1. The number of rotatable bonds is 4. The Balaban J connectivity index is 1.98. The molecule has 2 rings (SSSR count). The Kier molecular flexibility index (Phi) is 4.89. The van der Waals surface area contributed by atoms with Crippen LogP contribution in [0.4, 0.5) is 5.69 Å². The first-order valence-corrected chi connectivity index (χ1v) is 7.15. The Morgan fingerprint density at radius 1 is 1.28 bits per heavy atom. The Morgan fingerprint density at radius 3 is 2.78 bits per heavy atom. The summed E-state index contributed by atoms with van der Waals surface area (Å²) in [6, 6.07) is 6.60. The van der Waals surface area contributed by atoms with Crippen LogP contribution in [0.25, 0.3) is 0 Å². The lowest BCUT2D eigenvalue weighted by Gasteiger charge is -2.29. The van der Waals surface area contributed by atoms with E-state index in [1.807, 2.05) is 6.07 Å². The van der Waals surface area contributed by atoms with E-state index in [2.05, 4.69) is 33.4 Å². The first-order valence-electron chi connectivity index (χ1n) is 6.36. The third kappa shape index (κ3) is 3.39. The third-order valence-electron chi connectivity index (χ3n) is 3.48. The maximum absolute atomic E-state index is 5.45. The fourth-order valence-corrected chi connectivity index (χ4v) is 3.02. The molecule has 2 atom stereocenters. The summed E-state index contributed by atoms with van der Waals surface area (Å²) in [7, 11) is 3.48. The minimum absolute atomic E-state index is 0.401. The van der Waals surface area contributed by atoms with Crippen LogP contribution < -0.4 is 10.1 Å². The van der Waals surface area contributed by atoms with E-state index in [4.69, 9.17) is 9.47 Å². The fraction of sp³-hybridized carbons (Fsp3) is 0.571. The molecular formula is C14H20BrNO2. The fourth-order valence-electron chi connectivity index (χ4n) is 2.48. The highest BCUT2D eigenvalue weighted by molar-refractivity contribution is 9.10. The summed E-state index contributed by atoms with van der Waals surface area (Å²) in [5.74, 6) is 0.860. The van der Waals surface area contributed by atoms with Crippen molar-refractivity contribution in [3.63, 3.8) is 0 Å². The second kappa shape index (κ2) is 6.43. The largest absolute Gasteiger partial charge is 0.496 e. The van der Waals surface area contributed by atoms with Crippen molar-refractivity contribution >= 4 is 21.6 Å². The van der Waals surface area contributed by atoms with E-state index < -0.39 is 0 Å². The second-order valence-corrected chi connectivity index (χ2v) is 5.57. The first kappa shape index (κ1) is 13.7. The van der Waals surface area contributed by atoms with Crippen LogP contribution in [0.15, 0.2) is 22.7 Å². The van der Waals surface area contributed by atoms with Gasteiger partial charge in [-0.15, -0.1) is 0 Å². The Morgan fingerprint density at radius 2 is 2.11 bits per heavy atom. The molecule has 1 aliphatic rings. The molecule has 0 radical (unpaired) electrons. The zero-order chi connectivity index (χ0) is 13.0. The van der Waals surface area contributed by atoms with Gasteiger partial charge in [0.2, 0.25) is 0 Å². The molecule has 1 aromatic carbocycles. The normalized spacial score (nSPS) is 23.7. The molecule has 1 fully saturated rings. The van der Waals surface area contributed by atoms with Gasteiger partial charge in [-0.3, -0.25) is 0 Å². The van der Waals surface area contributed by atoms with Crippen LogP contribution in [0.3, 0.4) is 0 Å². The Labute approximate surface area is 117 Å². The van der Waals surface area contributed by atoms with E-state index in [0.29, 0.717) is 12.1 Å². The molecule has 0 spiro atoms. The van der Waals surface area contributed by atoms with Crippen LogP contribution in [0.2, 0.25) is 0 Å². The molecule has 1 aromatic rings. The van der Waals surface area contributed by atoms with Crippen molar-refractivity contribution in [2.45, 2.75) is 37.8 Å². The van der Waals surface area contributed by atoms with E-state index in [9.17, 15) is 0 Å². The van der Waals surface area contributed by atoms with Crippen LogP contribution >= 0.6 is 15.9 Å². The molecule has 0 heterocycles. The molecule has 4 heteroatoms. The topological polar surface area (TPSA) is 30.5 Å². The molecule has 0 aromatic heterocycles. The van der Waals surface area contributed by atoms with Crippen LogP contribution in [0, 0.1) is 0 Å². The lowest BCUT2D eigenvalue weighted by Crippen LogP contribution is -2.30. The van der Waals surface area contributed by atoms with Crippen molar-refractivity contribution < 1.29 is 9.47 Å². The zero-order valence-electron chi connectivity index (χ0n) is 10.9. The molecule has 18 heavy (non-hydrogen) atoms. The van der Waals surface area contributed by atoms with Gasteiger partial charge in [-0.2, -0.15) is 0 Å². The standard InChI is InChI=1S/C14H20BrNO2/c1-17-12-5-3-4-10(8-12)16-11-6-7-14(18-2)13(15)9-11/h6-7,9-10,12,16H,3-5,8H2,1-2H3. The van der Waals surface area contributed by atoms with Crippen LogP contribution in [-0.4, -0.2) is 26.4 Å². The van der Waals surface area contributed by atoms with Gasteiger partial charge in [0.05, 0.1) is 17.7 Å². The summed E-state index contributed by atoms with van der Waals surface area (Å²) in [6.45, 7) is 0. The number of benzene rings is 1. The summed E-state index contributed by atoms with van der Waals surface area (Å²) >= 11 is 3.51. The lowest BCUT2D eigenvalue weighted by atomic mass is 9.92. The van der Waals surface area contributed by atoms with Gasteiger partial charge in [-0.05, 0) is 59.8 Å². The van der Waals surface area contributed by atoms with Crippen molar-refractivity contribution in [1.82, 2.24) is 0 Å². The Hall–Kier alpha value is -0.740. The number of hydrogen-bond donors (Lipinski definition) is 1. The zero-order valence-corrected chi connectivity index (χ0v) is 12.5. The molecule has 0 saturated heterocycles. The molecule has 3 nitrogen and oxygen atoms in total. The molecule has 0 amide bonds. The third-order valence-corrected chi connectivity index (χ3v) is 4.10. The van der Waals surface area contributed by atoms with E-state index in [-0.39, 0.29) is 0 Å². The van der Waals surface area contributed by atoms with Crippen molar-refractivity contribution in [2.75, 3.05) is 19.5 Å². The van der Waals surface area contributed by atoms with Crippen LogP contribution in [0.1, 0.15) is 25.7 Å². The summed E-state index contributed by atoms with van der Waals surface area (Å²) in [6.07, 6.45) is 5.11. The molecule has 1 aliphatic carbocycles. The number of anilines is 1. The molecular weight excluding hydrogens is 294 g/mol. The van der Waals surface area contributed by atoms with Crippen LogP contribution in [0.5, 0.6) is 5.75 Å². The van der Waals surface area contributed by atoms with Gasteiger partial charge in [-0.1, -0.05) is 0 Å². The predicted octanol–water partition coefficient (Wildman–Crippen LogP) is 3.83. The van der Waals surface area contributed by atoms with E-state index in [0.717, 1.165) is 22.3 Å². The smallest absolute Gasteiger partial charge is 0.133 e. The van der Waals surface area contributed by atoms with Crippen molar-refractivity contribution in [1.29, 1.82) is 0 Å². The summed E-state index contributed by atoms with van der Waals surface area (Å²) in [4.78, 5) is 0. The second-order valence-electron chi connectivity index (χ2n) is 4.71. The monoisotopic (exact) mass is 313 g/mol. The highest BCUT2D eigenvalue weighted by atomic mass is 79.9. The van der Waals surface area contributed by atoms with Gasteiger partial charge in [0.25, 0.3) is 0 Å². The van der Waals surface area contributed by atoms with Gasteiger partial charge in [0.1, 0.15) is 5.75 Å². The average Bonchev–Trinajstić information content (AvgIpc) is 2.39. The van der Waals surface area contributed by atoms with Crippen molar-refractivity contribution in [2.24, 2.45) is 0 Å². The molecule has 2 unspecified atom stereocenters. The quantitative estimate of drug-likeness (QED) is 0.916. The molecule has 1 saturated carbocycles. The summed E-state index contributed by atoms with van der Waals surface area (Å²) < 4.78 is 11.7. The number of hydrogen-bond acceptors (Lipinski definition) is 3. The SMILES string of the molecule is COc1ccc(NC2CCCC(OC)C2)cc1Br. The summed E-state index contributed by atoms with van der Waals surface area (Å²) in [5.41, 5.74) is 1.13. The van der Waals surface area contributed by atoms with Gasteiger partial charge < -0.3 is 14.8 Å². The van der Waals surface area contributed by atoms with Gasteiger partial charge in [0.15, 0.2) is 0 Å². The highest BCUT2D eigenvalue weighted by Crippen LogP contribution is 2.30. The van der Waals surface area contributed by atoms with Crippen molar-refractivity contribution in [3.05, 3.63) is 22.7 Å². The highest BCUT2D eigenvalue weighted by Gasteiger charge is 2.21. The van der Waals surface area contributed by atoms with E-state index in [1.54, 1.807) is 14.2 Å². The van der Waals surface area contributed by atoms with Crippen molar-refractivity contribution in [3.8, 4) is 5.75 Å². The number of methoxy groups -OCH3 is 2. The molecule has 100 valence electrons. The lowest BCUT2D eigenvalue weighted by molar-refractivity contribution is 0.0669. The minimum atomic E-state index is 0.401. The van der Waals surface area contributed by atoms with E-state index in [1.165, 1.54) is 19.3 Å². The maximum atomic E-state index is 5.45. The number of ether oxygens (including phenoxy) is 2. The molecule has 0 bridgehead atoms. The molecule has 0 aliphatic heterocycles. The molecule has 1 N–H and O–H groups in total. The van der Waals surface area contributed by atoms with Gasteiger partial charge in [-0.25, -0.2) is 0 Å². The van der Waals surface area contributed by atoms with E-state index >= 15 is 0 Å². The predicted molar refractivity (Wildman–Crippen MR) is 77.4 cm³/mol. The first-order chi connectivity index (χ1) is 8.72. The Bertz CT molecular complexity index is 397. The maximum Gasteiger partial charge on any atom is 0.133 e. The minimum Gasteiger partial charge on any atom is -0.496 e. The summed E-state index contributed by atoms with van der Waals surface area (Å²) in [5, 5.41) is 3.57. The van der Waals surface area contributed by atoms with Crippen LogP contribution in [-0.2, 0) is 4.74 Å². The van der Waals surface area contributed by atoms with Gasteiger partial charge >= 0.3 is 0 Å². The number of nitrogens with one attached hydrogen (secondary N) is 1. The van der Waals surface area contributed by atoms with Gasteiger partial charge in [0, 0.05) is 18.8 Å².